The van der Waals surface area contributed by atoms with Crippen molar-refractivity contribution in [2.75, 3.05) is 0 Å². The molecule has 0 aliphatic carbocycles. The minimum absolute atomic E-state index is 0.163. The average Bonchev–Trinajstić information content (AvgIpc) is 2.86. The van der Waals surface area contributed by atoms with Crippen LogP contribution in [0.15, 0.2) is 121 Å². The molecule has 0 aliphatic heterocycles. The summed E-state index contributed by atoms with van der Waals surface area (Å²) in [5.41, 5.74) is 1.35. The maximum atomic E-state index is 13.2. The second-order valence-corrected chi connectivity index (χ2v) is 10.6. The first-order valence-electron chi connectivity index (χ1n) is 10.0. The van der Waals surface area contributed by atoms with E-state index in [1.807, 2.05) is 84.9 Å². The SMILES string of the molecule is O=C(NC(C=S)=P(c1ccccc1)(c1ccccc1)c1ccccc1)c1ccccc1. The molecule has 0 saturated heterocycles. The van der Waals surface area contributed by atoms with Crippen molar-refractivity contribution >= 4 is 51.7 Å². The molecule has 0 aromatic heterocycles. The molecule has 1 amide bonds. The average molecular weight is 440 g/mol. The predicted molar refractivity (Wildman–Crippen MR) is 138 cm³/mol. The Morgan fingerprint density at radius 3 is 1.32 bits per heavy atom. The molecule has 31 heavy (non-hydrogen) atoms. The normalized spacial score (nSPS) is 10.8. The zero-order chi connectivity index (χ0) is 21.5. The molecule has 152 valence electrons. The van der Waals surface area contributed by atoms with Crippen molar-refractivity contribution in [2.24, 2.45) is 0 Å². The van der Waals surface area contributed by atoms with Crippen molar-refractivity contribution in [3.8, 4) is 0 Å². The molecule has 0 radical (unpaired) electrons. The van der Waals surface area contributed by atoms with Gasteiger partial charge >= 0.3 is 0 Å². The molecule has 1 N–H and O–H groups in total. The number of amides is 1. The molecular formula is C27H22NOPS. The van der Waals surface area contributed by atoms with E-state index in [9.17, 15) is 4.79 Å². The second kappa shape index (κ2) is 9.70. The summed E-state index contributed by atoms with van der Waals surface area (Å²) >= 11 is 5.54. The van der Waals surface area contributed by atoms with E-state index < -0.39 is 6.89 Å². The standard InChI is InChI=1S/C27H22NOPS/c29-27(22-13-5-1-6-14-22)28-26(21-31)30(23-15-7-2-8-16-23,24-17-9-3-10-18-24)25-19-11-4-12-20-25/h1-21H,(H,28,29). The Kier molecular flexibility index (Phi) is 6.57. The van der Waals surface area contributed by atoms with Gasteiger partial charge in [-0.3, -0.25) is 4.79 Å². The molecule has 0 aliphatic rings. The van der Waals surface area contributed by atoms with Crippen LogP contribution in [0.3, 0.4) is 0 Å². The number of carbonyl (C=O) groups is 1. The number of thiocarbonyl (C=S) groups is 1. The summed E-state index contributed by atoms with van der Waals surface area (Å²) < 4.78 is 0. The van der Waals surface area contributed by atoms with Gasteiger partial charge in [0.1, 0.15) is 0 Å². The van der Waals surface area contributed by atoms with Crippen LogP contribution in [0.5, 0.6) is 0 Å². The highest BCUT2D eigenvalue weighted by Crippen LogP contribution is 2.45. The Bertz CT molecular complexity index is 1120. The Labute approximate surface area is 188 Å². The highest BCUT2D eigenvalue weighted by molar-refractivity contribution is 7.98. The van der Waals surface area contributed by atoms with Crippen molar-refractivity contribution in [1.29, 1.82) is 0 Å². The Morgan fingerprint density at radius 2 is 0.968 bits per heavy atom. The molecule has 0 bridgehead atoms. The van der Waals surface area contributed by atoms with E-state index in [-0.39, 0.29) is 5.91 Å². The quantitative estimate of drug-likeness (QED) is 0.353. The first-order valence-corrected chi connectivity index (χ1v) is 12.3. The van der Waals surface area contributed by atoms with E-state index in [4.69, 9.17) is 12.2 Å². The number of nitrogens with one attached hydrogen (secondary N) is 1. The molecule has 4 rings (SSSR count). The highest BCUT2D eigenvalue weighted by Gasteiger charge is 2.30. The third-order valence-electron chi connectivity index (χ3n) is 5.18. The fourth-order valence-corrected chi connectivity index (χ4v) is 8.34. The molecule has 4 aromatic carbocycles. The third-order valence-corrected chi connectivity index (χ3v) is 9.77. The summed E-state index contributed by atoms with van der Waals surface area (Å²) in [5.74, 6) is -0.163. The molecule has 0 saturated carbocycles. The van der Waals surface area contributed by atoms with Gasteiger partial charge in [-0.15, -0.1) is 0 Å². The van der Waals surface area contributed by atoms with Crippen molar-refractivity contribution < 1.29 is 4.79 Å². The van der Waals surface area contributed by atoms with Crippen LogP contribution in [0.2, 0.25) is 0 Å². The van der Waals surface area contributed by atoms with Crippen LogP contribution in [0.1, 0.15) is 10.4 Å². The van der Waals surface area contributed by atoms with E-state index in [1.165, 1.54) is 0 Å². The number of rotatable bonds is 6. The molecular weight excluding hydrogens is 417 g/mol. The fourth-order valence-electron chi connectivity index (χ4n) is 3.79. The predicted octanol–water partition coefficient (Wildman–Crippen LogP) is 4.54. The Morgan fingerprint density at radius 1 is 0.613 bits per heavy atom. The van der Waals surface area contributed by atoms with Crippen LogP contribution in [-0.2, 0) is 0 Å². The molecule has 4 aromatic rings. The molecule has 0 spiro atoms. The maximum Gasteiger partial charge on any atom is 0.255 e. The van der Waals surface area contributed by atoms with E-state index in [1.54, 1.807) is 5.37 Å². The van der Waals surface area contributed by atoms with Crippen molar-refractivity contribution in [2.45, 2.75) is 0 Å². The summed E-state index contributed by atoms with van der Waals surface area (Å²) in [4.78, 5) is 13.2. The first-order chi connectivity index (χ1) is 15.3. The lowest BCUT2D eigenvalue weighted by Crippen LogP contribution is -2.40. The minimum atomic E-state index is -2.41. The summed E-state index contributed by atoms with van der Waals surface area (Å²) in [6.07, 6.45) is 0. The van der Waals surface area contributed by atoms with E-state index in [0.29, 0.717) is 5.56 Å². The van der Waals surface area contributed by atoms with Gasteiger partial charge in [-0.05, 0) is 28.0 Å². The van der Waals surface area contributed by atoms with Gasteiger partial charge in [0.15, 0.2) is 0 Å². The van der Waals surface area contributed by atoms with Crippen molar-refractivity contribution in [3.05, 3.63) is 127 Å². The molecule has 0 unspecified atom stereocenters. The molecule has 4 heteroatoms. The van der Waals surface area contributed by atoms with Gasteiger partial charge in [0.2, 0.25) is 0 Å². The van der Waals surface area contributed by atoms with Gasteiger partial charge in [-0.1, -0.05) is 121 Å². The van der Waals surface area contributed by atoms with Gasteiger partial charge in [0, 0.05) is 17.8 Å². The van der Waals surface area contributed by atoms with Crippen LogP contribution in [-0.4, -0.2) is 16.7 Å². The molecule has 0 heterocycles. The van der Waals surface area contributed by atoms with Crippen LogP contribution in [0.25, 0.3) is 0 Å². The zero-order valence-electron chi connectivity index (χ0n) is 16.9. The fraction of sp³-hybridized carbons (Fsp3) is 0. The zero-order valence-corrected chi connectivity index (χ0v) is 18.6. The number of hydrogen-bond acceptors (Lipinski definition) is 2. The van der Waals surface area contributed by atoms with E-state index in [2.05, 4.69) is 41.7 Å². The van der Waals surface area contributed by atoms with Crippen molar-refractivity contribution in [3.63, 3.8) is 0 Å². The number of hydrogen-bond donors (Lipinski definition) is 1. The maximum absolute atomic E-state index is 13.2. The van der Waals surface area contributed by atoms with Crippen LogP contribution < -0.4 is 21.2 Å². The smallest absolute Gasteiger partial charge is 0.255 e. The lowest BCUT2D eigenvalue weighted by atomic mass is 10.2. The van der Waals surface area contributed by atoms with Gasteiger partial charge in [-0.2, -0.15) is 0 Å². The topological polar surface area (TPSA) is 29.1 Å². The number of benzene rings is 4. The summed E-state index contributed by atoms with van der Waals surface area (Å²) in [6.45, 7) is -2.41. The molecule has 0 fully saturated rings. The monoisotopic (exact) mass is 439 g/mol. The van der Waals surface area contributed by atoms with Crippen LogP contribution >= 0.6 is 19.1 Å². The van der Waals surface area contributed by atoms with E-state index >= 15 is 0 Å². The van der Waals surface area contributed by atoms with Crippen LogP contribution in [0, 0.1) is 0 Å². The van der Waals surface area contributed by atoms with Gasteiger partial charge in [0.05, 0.1) is 5.42 Å². The summed E-state index contributed by atoms with van der Waals surface area (Å²) in [5, 5.41) is 8.24. The van der Waals surface area contributed by atoms with Gasteiger partial charge in [-0.25, -0.2) is 0 Å². The van der Waals surface area contributed by atoms with E-state index in [0.717, 1.165) is 21.3 Å². The lowest BCUT2D eigenvalue weighted by molar-refractivity contribution is 0.0978. The Hall–Kier alpha value is -3.26. The largest absolute Gasteiger partial charge is 0.320 e. The summed E-state index contributed by atoms with van der Waals surface area (Å²) in [6, 6.07) is 40.2. The number of carbonyl (C=O) groups excluding carboxylic acids is 1. The second-order valence-electron chi connectivity index (χ2n) is 7.00. The first kappa shape index (κ1) is 21.0. The van der Waals surface area contributed by atoms with Gasteiger partial charge < -0.3 is 5.32 Å². The highest BCUT2D eigenvalue weighted by atomic mass is 32.1. The molecule has 2 nitrogen and oxygen atoms in total. The summed E-state index contributed by atoms with van der Waals surface area (Å²) in [7, 11) is 0. The minimum Gasteiger partial charge on any atom is -0.320 e. The van der Waals surface area contributed by atoms with Crippen molar-refractivity contribution in [1.82, 2.24) is 5.32 Å². The van der Waals surface area contributed by atoms with Crippen LogP contribution in [0.4, 0.5) is 0 Å². The molecule has 0 atom stereocenters. The third kappa shape index (κ3) is 4.16. The van der Waals surface area contributed by atoms with Gasteiger partial charge in [0.25, 0.3) is 5.91 Å². The lowest BCUT2D eigenvalue weighted by Gasteiger charge is -2.31. The Balaban J connectivity index is 2.07.